The first-order valence-electron chi connectivity index (χ1n) is 8.23. The van der Waals surface area contributed by atoms with Crippen molar-refractivity contribution in [1.82, 2.24) is 5.32 Å². The fraction of sp³-hybridized carbons (Fsp3) is 0.667. The Morgan fingerprint density at radius 1 is 1.33 bits per heavy atom. The lowest BCUT2D eigenvalue weighted by Gasteiger charge is -2.37. The van der Waals surface area contributed by atoms with Crippen molar-refractivity contribution in [3.8, 4) is 0 Å². The molecule has 2 nitrogen and oxygen atoms in total. The molecular formula is C18H29NOS. The SMILES string of the molecule is CCNC1CCC(C(C)C)CC1S(=O)c1cccc(C)c1. The van der Waals surface area contributed by atoms with Crippen LogP contribution in [0.2, 0.25) is 0 Å². The fourth-order valence-electron chi connectivity index (χ4n) is 3.41. The highest BCUT2D eigenvalue weighted by Crippen LogP contribution is 2.34. The van der Waals surface area contributed by atoms with Gasteiger partial charge in [-0.05, 0) is 62.3 Å². The summed E-state index contributed by atoms with van der Waals surface area (Å²) in [4.78, 5) is 0.993. The molecule has 0 saturated heterocycles. The van der Waals surface area contributed by atoms with Crippen LogP contribution in [0.5, 0.6) is 0 Å². The molecule has 1 fully saturated rings. The Labute approximate surface area is 132 Å². The second-order valence-corrected chi connectivity index (χ2v) is 8.31. The van der Waals surface area contributed by atoms with E-state index in [2.05, 4.69) is 45.1 Å². The molecule has 3 heteroatoms. The van der Waals surface area contributed by atoms with Crippen LogP contribution in [0, 0.1) is 18.8 Å². The molecule has 0 heterocycles. The Bertz CT molecular complexity index is 486. The normalized spacial score (nSPS) is 27.8. The summed E-state index contributed by atoms with van der Waals surface area (Å²) in [6.45, 7) is 9.76. The van der Waals surface area contributed by atoms with E-state index in [1.807, 2.05) is 12.1 Å². The predicted molar refractivity (Wildman–Crippen MR) is 91.0 cm³/mol. The van der Waals surface area contributed by atoms with Crippen LogP contribution in [0.1, 0.15) is 45.6 Å². The quantitative estimate of drug-likeness (QED) is 0.893. The topological polar surface area (TPSA) is 29.1 Å². The van der Waals surface area contributed by atoms with E-state index in [4.69, 9.17) is 0 Å². The van der Waals surface area contributed by atoms with Gasteiger partial charge in [-0.1, -0.05) is 32.9 Å². The second-order valence-electron chi connectivity index (χ2n) is 6.63. The lowest BCUT2D eigenvalue weighted by molar-refractivity contribution is 0.245. The molecule has 1 N–H and O–H groups in total. The maximum atomic E-state index is 13.1. The van der Waals surface area contributed by atoms with Gasteiger partial charge in [0.1, 0.15) is 0 Å². The van der Waals surface area contributed by atoms with Gasteiger partial charge in [0.15, 0.2) is 0 Å². The molecule has 21 heavy (non-hydrogen) atoms. The van der Waals surface area contributed by atoms with Crippen LogP contribution >= 0.6 is 0 Å². The molecule has 118 valence electrons. The molecule has 0 aliphatic heterocycles. The lowest BCUT2D eigenvalue weighted by Crippen LogP contribution is -2.47. The Morgan fingerprint density at radius 2 is 2.10 bits per heavy atom. The summed E-state index contributed by atoms with van der Waals surface area (Å²) < 4.78 is 13.1. The van der Waals surface area contributed by atoms with Crippen molar-refractivity contribution in [2.45, 2.75) is 63.1 Å². The minimum absolute atomic E-state index is 0.243. The number of hydrogen-bond donors (Lipinski definition) is 1. The summed E-state index contributed by atoms with van der Waals surface area (Å²) in [5.74, 6) is 1.39. The Hall–Kier alpha value is -0.670. The number of hydrogen-bond acceptors (Lipinski definition) is 2. The van der Waals surface area contributed by atoms with Crippen LogP contribution in [-0.4, -0.2) is 22.0 Å². The maximum absolute atomic E-state index is 13.1. The highest BCUT2D eigenvalue weighted by Gasteiger charge is 2.35. The van der Waals surface area contributed by atoms with Gasteiger partial charge in [-0.25, -0.2) is 0 Å². The van der Waals surface area contributed by atoms with E-state index >= 15 is 0 Å². The summed E-state index contributed by atoms with van der Waals surface area (Å²) in [6, 6.07) is 8.59. The Morgan fingerprint density at radius 3 is 2.71 bits per heavy atom. The third-order valence-electron chi connectivity index (χ3n) is 4.74. The molecule has 2 rings (SSSR count). The summed E-state index contributed by atoms with van der Waals surface area (Å²) in [6.07, 6.45) is 3.49. The summed E-state index contributed by atoms with van der Waals surface area (Å²) in [5, 5.41) is 3.81. The van der Waals surface area contributed by atoms with E-state index in [0.29, 0.717) is 17.9 Å². The minimum Gasteiger partial charge on any atom is -0.313 e. The van der Waals surface area contributed by atoms with Crippen molar-refractivity contribution in [3.63, 3.8) is 0 Å². The molecule has 1 aliphatic carbocycles. The van der Waals surface area contributed by atoms with Crippen molar-refractivity contribution in [1.29, 1.82) is 0 Å². The number of nitrogens with one attached hydrogen (secondary N) is 1. The molecular weight excluding hydrogens is 278 g/mol. The average Bonchev–Trinajstić information content (AvgIpc) is 2.47. The van der Waals surface area contributed by atoms with Gasteiger partial charge >= 0.3 is 0 Å². The van der Waals surface area contributed by atoms with E-state index in [1.54, 1.807) is 0 Å². The van der Waals surface area contributed by atoms with Crippen LogP contribution in [0.15, 0.2) is 29.2 Å². The van der Waals surface area contributed by atoms with Gasteiger partial charge < -0.3 is 5.32 Å². The first-order chi connectivity index (χ1) is 10.0. The van der Waals surface area contributed by atoms with E-state index in [0.717, 1.165) is 24.3 Å². The molecule has 4 atom stereocenters. The van der Waals surface area contributed by atoms with Crippen LogP contribution < -0.4 is 5.32 Å². The van der Waals surface area contributed by atoms with Gasteiger partial charge in [0, 0.05) is 10.9 Å². The number of rotatable bonds is 5. The lowest BCUT2D eigenvalue weighted by atomic mass is 9.79. The zero-order chi connectivity index (χ0) is 15.4. The summed E-state index contributed by atoms with van der Waals surface area (Å²) in [7, 11) is -0.911. The van der Waals surface area contributed by atoms with Crippen molar-refractivity contribution in [2.24, 2.45) is 11.8 Å². The molecule has 0 amide bonds. The highest BCUT2D eigenvalue weighted by atomic mass is 32.2. The summed E-state index contributed by atoms with van der Waals surface area (Å²) in [5.41, 5.74) is 1.19. The monoisotopic (exact) mass is 307 g/mol. The van der Waals surface area contributed by atoms with E-state index < -0.39 is 10.8 Å². The van der Waals surface area contributed by atoms with Crippen LogP contribution in [0.4, 0.5) is 0 Å². The minimum atomic E-state index is -0.911. The van der Waals surface area contributed by atoms with Gasteiger partial charge in [-0.3, -0.25) is 4.21 Å². The van der Waals surface area contributed by atoms with E-state index in [9.17, 15) is 4.21 Å². The summed E-state index contributed by atoms with van der Waals surface area (Å²) >= 11 is 0. The molecule has 0 spiro atoms. The zero-order valence-electron chi connectivity index (χ0n) is 13.8. The molecule has 1 aromatic carbocycles. The first-order valence-corrected chi connectivity index (χ1v) is 9.44. The van der Waals surface area contributed by atoms with Gasteiger partial charge in [-0.15, -0.1) is 0 Å². The number of benzene rings is 1. The maximum Gasteiger partial charge on any atom is 0.0576 e. The van der Waals surface area contributed by atoms with Crippen LogP contribution in [0.3, 0.4) is 0 Å². The van der Waals surface area contributed by atoms with E-state index in [1.165, 1.54) is 12.0 Å². The molecule has 0 aromatic heterocycles. The van der Waals surface area contributed by atoms with Gasteiger partial charge in [0.2, 0.25) is 0 Å². The molecule has 0 radical (unpaired) electrons. The van der Waals surface area contributed by atoms with Crippen molar-refractivity contribution in [3.05, 3.63) is 29.8 Å². The van der Waals surface area contributed by atoms with E-state index in [-0.39, 0.29) is 5.25 Å². The van der Waals surface area contributed by atoms with Crippen LogP contribution in [-0.2, 0) is 10.8 Å². The largest absolute Gasteiger partial charge is 0.313 e. The van der Waals surface area contributed by atoms with Crippen molar-refractivity contribution < 1.29 is 4.21 Å². The van der Waals surface area contributed by atoms with Crippen LogP contribution in [0.25, 0.3) is 0 Å². The Kier molecular flexibility index (Phi) is 6.00. The average molecular weight is 308 g/mol. The standard InChI is InChI=1S/C18H29NOS/c1-5-19-17-10-9-15(13(2)3)12-18(17)21(20)16-8-6-7-14(4)11-16/h6-8,11,13,15,17-19H,5,9-10,12H2,1-4H3. The highest BCUT2D eigenvalue weighted by molar-refractivity contribution is 7.85. The van der Waals surface area contributed by atoms with Gasteiger partial charge in [0.05, 0.1) is 16.0 Å². The number of aryl methyl sites for hydroxylation is 1. The molecule has 1 aliphatic rings. The molecule has 4 unspecified atom stereocenters. The first kappa shape index (κ1) is 16.7. The molecule has 1 saturated carbocycles. The molecule has 0 bridgehead atoms. The second kappa shape index (κ2) is 7.55. The fourth-order valence-corrected chi connectivity index (χ4v) is 5.23. The van der Waals surface area contributed by atoms with Gasteiger partial charge in [0.25, 0.3) is 0 Å². The predicted octanol–water partition coefficient (Wildman–Crippen LogP) is 3.91. The third-order valence-corrected chi connectivity index (χ3v) is 6.53. The Balaban J connectivity index is 2.20. The zero-order valence-corrected chi connectivity index (χ0v) is 14.6. The smallest absolute Gasteiger partial charge is 0.0576 e. The third kappa shape index (κ3) is 4.17. The van der Waals surface area contributed by atoms with Crippen molar-refractivity contribution >= 4 is 10.8 Å². The van der Waals surface area contributed by atoms with Gasteiger partial charge in [-0.2, -0.15) is 0 Å². The molecule has 1 aromatic rings. The van der Waals surface area contributed by atoms with Crippen molar-refractivity contribution in [2.75, 3.05) is 6.54 Å².